The Bertz CT molecular complexity index is 1580. The molecule has 0 aliphatic carbocycles. The third-order valence-electron chi connectivity index (χ3n) is 7.98. The van der Waals surface area contributed by atoms with Crippen LogP contribution in [-0.4, -0.2) is 78.6 Å². The highest BCUT2D eigenvalue weighted by Gasteiger charge is 2.32. The summed E-state index contributed by atoms with van der Waals surface area (Å²) in [5, 5.41) is 2.91. The minimum Gasteiger partial charge on any atom is -0.355 e. The Morgan fingerprint density at radius 2 is 1.50 bits per heavy atom. The lowest BCUT2D eigenvalue weighted by molar-refractivity contribution is -0.129. The molecule has 0 radical (unpaired) electrons. The number of pyridine rings is 1. The molecule has 2 aromatic carbocycles. The maximum absolute atomic E-state index is 13.8. The number of piperazine rings is 1. The lowest BCUT2D eigenvalue weighted by Gasteiger charge is -2.33. The maximum atomic E-state index is 13.8. The van der Waals surface area contributed by atoms with Gasteiger partial charge >= 0.3 is 0 Å². The molecule has 2 amide bonds. The quantitative estimate of drug-likeness (QED) is 0.455. The molecule has 2 aliphatic heterocycles. The van der Waals surface area contributed by atoms with Crippen molar-refractivity contribution in [1.82, 2.24) is 19.1 Å². The van der Waals surface area contributed by atoms with Crippen molar-refractivity contribution in [2.75, 3.05) is 44.6 Å². The fourth-order valence-corrected chi connectivity index (χ4v) is 6.82. The number of amides is 2. The molecule has 0 saturated carbocycles. The number of halogens is 2. The summed E-state index contributed by atoms with van der Waals surface area (Å²) in [6, 6.07) is 11.9. The smallest absolute Gasteiger partial charge is 0.260 e. The van der Waals surface area contributed by atoms with E-state index in [1.807, 2.05) is 0 Å². The van der Waals surface area contributed by atoms with Gasteiger partial charge in [0.2, 0.25) is 5.91 Å². The highest BCUT2D eigenvalue weighted by Crippen LogP contribution is 2.32. The summed E-state index contributed by atoms with van der Waals surface area (Å²) in [5.41, 5.74) is 2.56. The molecule has 2 saturated heterocycles. The van der Waals surface area contributed by atoms with Crippen molar-refractivity contribution in [3.63, 3.8) is 0 Å². The number of carbonyl (C=O) groups excluding carboxylic acids is 2. The number of rotatable bonds is 6. The first-order chi connectivity index (χ1) is 20.0. The molecule has 0 atom stereocenters. The Morgan fingerprint density at radius 3 is 2.12 bits per heavy atom. The largest absolute Gasteiger partial charge is 0.355 e. The van der Waals surface area contributed by atoms with E-state index >= 15 is 0 Å². The van der Waals surface area contributed by atoms with Crippen LogP contribution in [0.4, 0.5) is 20.2 Å². The molecule has 0 bridgehead atoms. The second-order valence-electron chi connectivity index (χ2n) is 10.7. The number of piperidine rings is 1. The first-order valence-electron chi connectivity index (χ1n) is 13.9. The minimum absolute atomic E-state index is 0.115. The van der Waals surface area contributed by atoms with Crippen molar-refractivity contribution >= 4 is 33.2 Å². The Hall–Kier alpha value is -3.90. The number of carbonyl (C=O) groups is 2. The molecule has 1 aromatic heterocycles. The Labute approximate surface area is 244 Å². The van der Waals surface area contributed by atoms with Crippen LogP contribution in [0.3, 0.4) is 0 Å². The average molecular weight is 598 g/mol. The molecule has 3 heterocycles. The van der Waals surface area contributed by atoms with Gasteiger partial charge in [-0.1, -0.05) is 12.1 Å². The number of benzene rings is 2. The molecule has 3 aromatic rings. The number of hydrogen-bond acceptors (Lipinski definition) is 6. The van der Waals surface area contributed by atoms with E-state index in [0.717, 1.165) is 5.56 Å². The lowest BCUT2D eigenvalue weighted by Crippen LogP contribution is -2.50. The minimum atomic E-state index is -4.02. The van der Waals surface area contributed by atoms with E-state index in [4.69, 9.17) is 0 Å². The van der Waals surface area contributed by atoms with Crippen molar-refractivity contribution < 1.29 is 26.8 Å². The molecule has 2 aliphatic rings. The van der Waals surface area contributed by atoms with Crippen molar-refractivity contribution in [2.24, 2.45) is 0 Å². The first-order valence-corrected chi connectivity index (χ1v) is 15.3. The summed E-state index contributed by atoms with van der Waals surface area (Å²) >= 11 is 0. The highest BCUT2D eigenvalue weighted by atomic mass is 32.2. The first kappa shape index (κ1) is 29.6. The van der Waals surface area contributed by atoms with Gasteiger partial charge < -0.3 is 15.1 Å². The monoisotopic (exact) mass is 597 g/mol. The number of aryl methyl sites for hydroxylation is 1. The standard InChI is InChI=1S/C30H33F2N5O4S/c1-20-17-25(32)7-8-27(20)34-28-18-29(42(40,41)37-15-13-35(14-16-37)21(2)38)33-19-26(28)30(39)36-11-9-23(10-12-36)22-3-5-24(31)6-4-22/h3-8,17-19,23H,9-16H2,1-2H3,(H,33,34). The van der Waals surface area contributed by atoms with E-state index in [2.05, 4.69) is 10.3 Å². The van der Waals surface area contributed by atoms with Crippen LogP contribution in [0.15, 0.2) is 59.8 Å². The normalized spacial score (nSPS) is 16.9. The molecule has 12 heteroatoms. The van der Waals surface area contributed by atoms with E-state index in [0.29, 0.717) is 37.2 Å². The zero-order valence-electron chi connectivity index (χ0n) is 23.5. The van der Waals surface area contributed by atoms with Crippen LogP contribution >= 0.6 is 0 Å². The molecular formula is C30H33F2N5O4S. The van der Waals surface area contributed by atoms with Gasteiger partial charge in [0.1, 0.15) is 11.6 Å². The van der Waals surface area contributed by atoms with Gasteiger partial charge in [0.05, 0.1) is 11.3 Å². The SMILES string of the molecule is CC(=O)N1CCN(S(=O)(=O)c2cc(Nc3ccc(F)cc3C)c(C(=O)N3CCC(c4ccc(F)cc4)CC3)cn2)CC1. The Morgan fingerprint density at radius 1 is 0.857 bits per heavy atom. The van der Waals surface area contributed by atoms with Gasteiger partial charge in [-0.3, -0.25) is 9.59 Å². The summed E-state index contributed by atoms with van der Waals surface area (Å²) in [6.07, 6.45) is 2.67. The van der Waals surface area contributed by atoms with Gasteiger partial charge in [-0.05, 0) is 67.1 Å². The van der Waals surface area contributed by atoms with E-state index in [1.165, 1.54) is 53.8 Å². The molecule has 222 valence electrons. The molecule has 42 heavy (non-hydrogen) atoms. The maximum Gasteiger partial charge on any atom is 0.260 e. The summed E-state index contributed by atoms with van der Waals surface area (Å²) in [4.78, 5) is 32.9. The lowest BCUT2D eigenvalue weighted by atomic mass is 9.89. The molecular weight excluding hydrogens is 564 g/mol. The molecule has 0 spiro atoms. The number of hydrogen-bond donors (Lipinski definition) is 1. The zero-order valence-corrected chi connectivity index (χ0v) is 24.3. The number of nitrogens with zero attached hydrogens (tertiary/aromatic N) is 4. The van der Waals surface area contributed by atoms with E-state index < -0.39 is 15.8 Å². The molecule has 5 rings (SSSR count). The number of anilines is 2. The topological polar surface area (TPSA) is 103 Å². The van der Waals surface area contributed by atoms with Crippen LogP contribution < -0.4 is 5.32 Å². The number of nitrogens with one attached hydrogen (secondary N) is 1. The van der Waals surface area contributed by atoms with Crippen molar-refractivity contribution in [3.05, 3.63) is 83.1 Å². The van der Waals surface area contributed by atoms with Crippen LogP contribution in [0.25, 0.3) is 0 Å². The molecule has 9 nitrogen and oxygen atoms in total. The third-order valence-corrected chi connectivity index (χ3v) is 9.78. The summed E-state index contributed by atoms with van der Waals surface area (Å²) in [5.74, 6) is -0.930. The van der Waals surface area contributed by atoms with Crippen LogP contribution in [0, 0.1) is 18.6 Å². The van der Waals surface area contributed by atoms with Gasteiger partial charge in [-0.15, -0.1) is 0 Å². The Balaban J connectivity index is 1.41. The van der Waals surface area contributed by atoms with Crippen molar-refractivity contribution in [3.8, 4) is 0 Å². The molecule has 0 unspecified atom stereocenters. The number of sulfonamides is 1. The van der Waals surface area contributed by atoms with Gasteiger partial charge in [-0.2, -0.15) is 4.31 Å². The fourth-order valence-electron chi connectivity index (χ4n) is 5.46. The zero-order chi connectivity index (χ0) is 30.0. The summed E-state index contributed by atoms with van der Waals surface area (Å²) in [7, 11) is -4.02. The predicted octanol–water partition coefficient (Wildman–Crippen LogP) is 4.28. The second kappa shape index (κ2) is 12.1. The Kier molecular flexibility index (Phi) is 8.55. The van der Waals surface area contributed by atoms with E-state index in [-0.39, 0.29) is 66.0 Å². The van der Waals surface area contributed by atoms with Crippen LogP contribution in [0.5, 0.6) is 0 Å². The van der Waals surface area contributed by atoms with Gasteiger partial charge in [0.15, 0.2) is 5.03 Å². The highest BCUT2D eigenvalue weighted by molar-refractivity contribution is 7.89. The van der Waals surface area contributed by atoms with Crippen molar-refractivity contribution in [1.29, 1.82) is 0 Å². The second-order valence-corrected chi connectivity index (χ2v) is 12.6. The van der Waals surface area contributed by atoms with E-state index in [1.54, 1.807) is 28.9 Å². The van der Waals surface area contributed by atoms with E-state index in [9.17, 15) is 26.8 Å². The van der Waals surface area contributed by atoms with Crippen molar-refractivity contribution in [2.45, 2.75) is 37.6 Å². The fraction of sp³-hybridized carbons (Fsp3) is 0.367. The predicted molar refractivity (Wildman–Crippen MR) is 154 cm³/mol. The van der Waals surface area contributed by atoms with Gasteiger partial charge in [-0.25, -0.2) is 22.2 Å². The van der Waals surface area contributed by atoms with Crippen LogP contribution in [-0.2, 0) is 14.8 Å². The molecule has 2 fully saturated rings. The number of likely N-dealkylation sites (tertiary alicyclic amines) is 1. The van der Waals surface area contributed by atoms with Crippen LogP contribution in [0.1, 0.15) is 47.2 Å². The number of aromatic nitrogens is 1. The average Bonchev–Trinajstić information content (AvgIpc) is 2.98. The van der Waals surface area contributed by atoms with Gasteiger partial charge in [0.25, 0.3) is 15.9 Å². The molecule has 1 N–H and O–H groups in total. The summed E-state index contributed by atoms with van der Waals surface area (Å²) in [6.45, 7) is 4.91. The summed E-state index contributed by atoms with van der Waals surface area (Å²) < 4.78 is 55.5. The van der Waals surface area contributed by atoms with Gasteiger partial charge in [0, 0.05) is 64.1 Å². The third kappa shape index (κ3) is 6.29. The van der Waals surface area contributed by atoms with Crippen LogP contribution in [0.2, 0.25) is 0 Å².